The molecule has 0 saturated carbocycles. The first-order valence-electron chi connectivity index (χ1n) is 12.5. The van der Waals surface area contributed by atoms with Gasteiger partial charge in [0.2, 0.25) is 9.84 Å². The van der Waals surface area contributed by atoms with Crippen LogP contribution < -0.4 is 21.1 Å². The Labute approximate surface area is 236 Å². The van der Waals surface area contributed by atoms with Crippen LogP contribution in [0.4, 0.5) is 16.3 Å². The van der Waals surface area contributed by atoms with Gasteiger partial charge in [-0.2, -0.15) is 9.97 Å². The molecular formula is C27H32N6O7S. The molecule has 41 heavy (non-hydrogen) atoms. The van der Waals surface area contributed by atoms with Crippen LogP contribution in [0.5, 0.6) is 5.75 Å². The number of aromatic nitrogens is 4. The molecule has 0 aliphatic heterocycles. The van der Waals surface area contributed by atoms with Crippen molar-refractivity contribution in [1.82, 2.24) is 19.5 Å². The predicted octanol–water partition coefficient (Wildman–Crippen LogP) is 2.60. The van der Waals surface area contributed by atoms with Crippen LogP contribution in [0.15, 0.2) is 52.4 Å². The number of carbonyl (C=O) groups is 1. The standard InChI is InChI=1S/C27H32N6O7S/c1-27(2,3)40-26(36)32(19-8-6-7-17(12-19)15-34)14-18-11-16(9-10-20(18)39-4)13-33-23-21(29-25(33)35)22(28)30-24(31-23)41(5,37)38/h6-12,34H,13-15H2,1-5H3,(H,29,35)(H2,28,30,31). The lowest BCUT2D eigenvalue weighted by Crippen LogP contribution is -2.36. The summed E-state index contributed by atoms with van der Waals surface area (Å²) in [7, 11) is -2.29. The van der Waals surface area contributed by atoms with Gasteiger partial charge in [-0.1, -0.05) is 18.2 Å². The minimum absolute atomic E-state index is 0.00190. The van der Waals surface area contributed by atoms with E-state index in [0.717, 1.165) is 6.26 Å². The first-order valence-corrected chi connectivity index (χ1v) is 14.4. The summed E-state index contributed by atoms with van der Waals surface area (Å²) >= 11 is 0. The highest BCUT2D eigenvalue weighted by Crippen LogP contribution is 2.28. The van der Waals surface area contributed by atoms with Crippen LogP contribution >= 0.6 is 0 Å². The molecule has 0 radical (unpaired) electrons. The van der Waals surface area contributed by atoms with E-state index in [-0.39, 0.29) is 36.7 Å². The number of anilines is 2. The fourth-order valence-corrected chi connectivity index (χ4v) is 4.67. The fraction of sp³-hybridized carbons (Fsp3) is 0.333. The van der Waals surface area contributed by atoms with Crippen LogP contribution in [0.1, 0.15) is 37.5 Å². The van der Waals surface area contributed by atoms with Gasteiger partial charge in [0.1, 0.15) is 16.9 Å². The number of methoxy groups -OCH3 is 1. The van der Waals surface area contributed by atoms with Gasteiger partial charge >= 0.3 is 11.8 Å². The number of nitrogens with two attached hydrogens (primary N) is 1. The predicted molar refractivity (Wildman–Crippen MR) is 153 cm³/mol. The molecule has 2 heterocycles. The van der Waals surface area contributed by atoms with Crippen molar-refractivity contribution in [2.45, 2.75) is 51.2 Å². The summed E-state index contributed by atoms with van der Waals surface area (Å²) in [5.41, 5.74) is 7.11. The average molecular weight is 585 g/mol. The molecule has 4 aromatic rings. The number of aliphatic hydroxyl groups is 1. The van der Waals surface area contributed by atoms with Gasteiger partial charge in [0.15, 0.2) is 11.5 Å². The van der Waals surface area contributed by atoms with Crippen molar-refractivity contribution < 1.29 is 27.8 Å². The van der Waals surface area contributed by atoms with E-state index in [0.29, 0.717) is 28.1 Å². The van der Waals surface area contributed by atoms with Crippen molar-refractivity contribution in [3.8, 4) is 5.75 Å². The number of benzene rings is 2. The Hall–Kier alpha value is -4.43. The van der Waals surface area contributed by atoms with Gasteiger partial charge in [0.25, 0.3) is 5.16 Å². The van der Waals surface area contributed by atoms with Gasteiger partial charge in [-0.05, 0) is 56.2 Å². The molecule has 0 aliphatic carbocycles. The molecule has 2 aromatic heterocycles. The van der Waals surface area contributed by atoms with E-state index in [9.17, 15) is 23.1 Å². The molecule has 13 nitrogen and oxygen atoms in total. The molecule has 0 bridgehead atoms. The normalized spacial score (nSPS) is 12.0. The van der Waals surface area contributed by atoms with Crippen molar-refractivity contribution in [2.75, 3.05) is 24.0 Å². The van der Waals surface area contributed by atoms with Crippen molar-refractivity contribution in [3.63, 3.8) is 0 Å². The van der Waals surface area contributed by atoms with Crippen LogP contribution in [-0.4, -0.2) is 58.1 Å². The Morgan fingerprint density at radius 3 is 2.51 bits per heavy atom. The summed E-state index contributed by atoms with van der Waals surface area (Å²) in [5.74, 6) is 0.317. The molecule has 1 amide bonds. The maximum absolute atomic E-state index is 13.3. The summed E-state index contributed by atoms with van der Waals surface area (Å²) in [4.78, 5) is 38.0. The summed E-state index contributed by atoms with van der Waals surface area (Å²) in [6.07, 6.45) is 0.346. The molecule has 4 rings (SSSR count). The second kappa shape index (κ2) is 11.2. The first-order chi connectivity index (χ1) is 19.2. The lowest BCUT2D eigenvalue weighted by Gasteiger charge is -2.28. The van der Waals surface area contributed by atoms with Crippen LogP contribution in [0, 0.1) is 0 Å². The number of amides is 1. The SMILES string of the molecule is COc1ccc(Cn2c(=O)[nH]c3c(N)nc(S(C)(=O)=O)nc32)cc1CN(C(=O)OC(C)(C)C)c1cccc(CO)c1. The minimum Gasteiger partial charge on any atom is -0.496 e. The Morgan fingerprint density at radius 1 is 1.15 bits per heavy atom. The summed E-state index contributed by atoms with van der Waals surface area (Å²) in [6, 6.07) is 12.1. The van der Waals surface area contributed by atoms with E-state index >= 15 is 0 Å². The number of aliphatic hydroxyl groups excluding tert-OH is 1. The topological polar surface area (TPSA) is 183 Å². The molecule has 0 spiro atoms. The Morgan fingerprint density at radius 2 is 1.88 bits per heavy atom. The number of rotatable bonds is 8. The van der Waals surface area contributed by atoms with E-state index in [4.69, 9.17) is 15.2 Å². The number of ether oxygens (including phenoxy) is 2. The molecule has 2 aromatic carbocycles. The Balaban J connectivity index is 1.77. The third-order valence-electron chi connectivity index (χ3n) is 5.99. The average Bonchev–Trinajstić information content (AvgIpc) is 3.21. The number of carbonyl (C=O) groups excluding carboxylic acids is 1. The number of nitrogens with zero attached hydrogens (tertiary/aromatic N) is 4. The maximum atomic E-state index is 13.3. The Kier molecular flexibility index (Phi) is 8.08. The molecule has 4 N–H and O–H groups in total. The highest BCUT2D eigenvalue weighted by Gasteiger charge is 2.25. The van der Waals surface area contributed by atoms with Crippen molar-refractivity contribution in [3.05, 3.63) is 69.6 Å². The third kappa shape index (κ3) is 6.66. The number of imidazole rings is 1. The molecule has 0 fully saturated rings. The highest BCUT2D eigenvalue weighted by molar-refractivity contribution is 7.90. The second-order valence-electron chi connectivity index (χ2n) is 10.4. The van der Waals surface area contributed by atoms with Gasteiger partial charge in [-0.15, -0.1) is 0 Å². The van der Waals surface area contributed by atoms with Crippen LogP contribution in [0.2, 0.25) is 0 Å². The smallest absolute Gasteiger partial charge is 0.415 e. The van der Waals surface area contributed by atoms with E-state index < -0.39 is 32.4 Å². The largest absolute Gasteiger partial charge is 0.496 e. The zero-order chi connectivity index (χ0) is 30.1. The minimum atomic E-state index is -3.79. The molecule has 0 atom stereocenters. The van der Waals surface area contributed by atoms with Gasteiger partial charge in [-0.3, -0.25) is 9.47 Å². The molecule has 0 aliphatic rings. The lowest BCUT2D eigenvalue weighted by atomic mass is 10.1. The molecule has 0 unspecified atom stereocenters. The summed E-state index contributed by atoms with van der Waals surface area (Å²) in [6.45, 7) is 5.12. The highest BCUT2D eigenvalue weighted by atomic mass is 32.2. The van der Waals surface area contributed by atoms with E-state index in [1.54, 1.807) is 63.2 Å². The number of hydrogen-bond acceptors (Lipinski definition) is 10. The van der Waals surface area contributed by atoms with Crippen LogP contribution in [0.25, 0.3) is 11.2 Å². The molecule has 218 valence electrons. The van der Waals surface area contributed by atoms with E-state index in [2.05, 4.69) is 15.0 Å². The molecule has 0 saturated heterocycles. The van der Waals surface area contributed by atoms with Crippen LogP contribution in [0.3, 0.4) is 0 Å². The van der Waals surface area contributed by atoms with Crippen LogP contribution in [-0.2, 0) is 34.3 Å². The maximum Gasteiger partial charge on any atom is 0.415 e. The number of nitrogen functional groups attached to an aromatic ring is 1. The number of aromatic amines is 1. The number of hydrogen-bond donors (Lipinski definition) is 3. The van der Waals surface area contributed by atoms with Gasteiger partial charge in [0.05, 0.1) is 26.8 Å². The molecular weight excluding hydrogens is 552 g/mol. The Bertz CT molecular complexity index is 1770. The third-order valence-corrected chi connectivity index (χ3v) is 6.84. The van der Waals surface area contributed by atoms with Gasteiger partial charge in [0, 0.05) is 17.5 Å². The summed E-state index contributed by atoms with van der Waals surface area (Å²) in [5, 5.41) is 9.14. The second-order valence-corrected chi connectivity index (χ2v) is 12.3. The quantitative estimate of drug-likeness (QED) is 0.260. The summed E-state index contributed by atoms with van der Waals surface area (Å²) < 4.78 is 36.6. The number of H-pyrrole nitrogens is 1. The van der Waals surface area contributed by atoms with Crippen molar-refractivity contribution in [2.24, 2.45) is 0 Å². The fourth-order valence-electron chi connectivity index (χ4n) is 4.15. The zero-order valence-corrected chi connectivity index (χ0v) is 24.2. The van der Waals surface area contributed by atoms with Crippen molar-refractivity contribution in [1.29, 1.82) is 0 Å². The van der Waals surface area contributed by atoms with E-state index in [1.165, 1.54) is 16.6 Å². The van der Waals surface area contributed by atoms with E-state index in [1.807, 2.05) is 0 Å². The number of sulfone groups is 1. The number of nitrogens with one attached hydrogen (secondary N) is 1. The van der Waals surface area contributed by atoms with Gasteiger partial charge in [-0.25, -0.2) is 18.0 Å². The molecule has 14 heteroatoms. The zero-order valence-electron chi connectivity index (χ0n) is 23.3. The van der Waals surface area contributed by atoms with Gasteiger partial charge < -0.3 is 25.3 Å². The first kappa shape index (κ1) is 29.6. The monoisotopic (exact) mass is 584 g/mol. The van der Waals surface area contributed by atoms with Crippen molar-refractivity contribution >= 4 is 38.6 Å². The lowest BCUT2D eigenvalue weighted by molar-refractivity contribution is 0.0577. The number of fused-ring (bicyclic) bond motifs is 1.